The number of aromatic nitrogens is 2. The van der Waals surface area contributed by atoms with Crippen molar-refractivity contribution in [1.29, 1.82) is 0 Å². The Labute approximate surface area is 117 Å². The molecule has 0 saturated heterocycles. The normalized spacial score (nSPS) is 11.3. The Hall–Kier alpha value is -1.99. The van der Waals surface area contributed by atoms with E-state index in [9.17, 15) is 8.42 Å². The molecular weight excluding hydrogens is 278 g/mol. The molecule has 6 nitrogen and oxygen atoms in total. The lowest BCUT2D eigenvalue weighted by molar-refractivity contribution is 0.453. The first-order chi connectivity index (χ1) is 9.40. The Morgan fingerprint density at radius 2 is 2.00 bits per heavy atom. The molecule has 0 aromatic carbocycles. The Morgan fingerprint density at radius 3 is 2.55 bits per heavy atom. The van der Waals surface area contributed by atoms with Crippen LogP contribution in [0.15, 0.2) is 35.4 Å². The summed E-state index contributed by atoms with van der Waals surface area (Å²) in [5.74, 6) is 0.895. The third-order valence-corrected chi connectivity index (χ3v) is 3.56. The molecule has 0 saturated carbocycles. The Bertz CT molecular complexity index is 712. The zero-order chi connectivity index (χ0) is 14.8. The molecule has 2 N–H and O–H groups in total. The van der Waals surface area contributed by atoms with Crippen LogP contribution in [0.2, 0.25) is 0 Å². The molecular formula is C13H15N3O3S. The minimum Gasteiger partial charge on any atom is -0.437 e. The van der Waals surface area contributed by atoms with E-state index in [-0.39, 0.29) is 10.8 Å². The highest BCUT2D eigenvalue weighted by molar-refractivity contribution is 7.89. The van der Waals surface area contributed by atoms with Crippen molar-refractivity contribution in [2.75, 3.05) is 0 Å². The van der Waals surface area contributed by atoms with E-state index in [0.717, 1.165) is 24.0 Å². The van der Waals surface area contributed by atoms with Gasteiger partial charge in [0.2, 0.25) is 15.9 Å². The number of hydrogen-bond acceptors (Lipinski definition) is 5. The van der Waals surface area contributed by atoms with Gasteiger partial charge in [0.25, 0.3) is 0 Å². The molecule has 0 amide bonds. The standard InChI is InChI=1S/C13H15N3O3S/c1-3-11-12(6-4-9(2)16-11)19-13-7-5-10(8-15-13)20(14,17)18/h4-8H,3H2,1-2H3,(H2,14,17,18). The SMILES string of the molecule is CCc1nc(C)ccc1Oc1ccc(S(N)(=O)=O)cn1. The molecule has 0 bridgehead atoms. The maximum Gasteiger partial charge on any atom is 0.239 e. The summed E-state index contributed by atoms with van der Waals surface area (Å²) in [6, 6.07) is 6.47. The molecule has 2 rings (SSSR count). The molecule has 2 aromatic heterocycles. The molecule has 0 atom stereocenters. The predicted octanol–water partition coefficient (Wildman–Crippen LogP) is 1.79. The van der Waals surface area contributed by atoms with Crippen molar-refractivity contribution in [2.45, 2.75) is 25.2 Å². The average Bonchev–Trinajstić information content (AvgIpc) is 2.40. The van der Waals surface area contributed by atoms with Gasteiger partial charge in [-0.1, -0.05) is 6.92 Å². The van der Waals surface area contributed by atoms with Crippen LogP contribution in [0, 0.1) is 6.92 Å². The quantitative estimate of drug-likeness (QED) is 0.927. The summed E-state index contributed by atoms with van der Waals surface area (Å²) in [5, 5.41) is 5.00. The van der Waals surface area contributed by atoms with Crippen molar-refractivity contribution in [2.24, 2.45) is 5.14 Å². The molecule has 0 spiro atoms. The van der Waals surface area contributed by atoms with Crippen molar-refractivity contribution in [3.8, 4) is 11.6 Å². The minimum atomic E-state index is -3.74. The summed E-state index contributed by atoms with van der Waals surface area (Å²) in [6.07, 6.45) is 1.89. The molecule has 0 fully saturated rings. The predicted molar refractivity (Wildman–Crippen MR) is 74.0 cm³/mol. The Balaban J connectivity index is 2.27. The number of sulfonamides is 1. The van der Waals surface area contributed by atoms with E-state index in [1.807, 2.05) is 26.0 Å². The van der Waals surface area contributed by atoms with Crippen molar-refractivity contribution in [3.05, 3.63) is 41.9 Å². The van der Waals surface area contributed by atoms with Gasteiger partial charge >= 0.3 is 0 Å². The van der Waals surface area contributed by atoms with Crippen LogP contribution < -0.4 is 9.88 Å². The van der Waals surface area contributed by atoms with E-state index < -0.39 is 10.0 Å². The van der Waals surface area contributed by atoms with Gasteiger partial charge in [-0.2, -0.15) is 0 Å². The van der Waals surface area contributed by atoms with Gasteiger partial charge in [-0.3, -0.25) is 4.98 Å². The van der Waals surface area contributed by atoms with Gasteiger partial charge < -0.3 is 4.74 Å². The smallest absolute Gasteiger partial charge is 0.239 e. The first kappa shape index (κ1) is 14.4. The lowest BCUT2D eigenvalue weighted by Crippen LogP contribution is -2.12. The zero-order valence-corrected chi connectivity index (χ0v) is 12.0. The number of aryl methyl sites for hydroxylation is 2. The van der Waals surface area contributed by atoms with Crippen LogP contribution in [0.25, 0.3) is 0 Å². The van der Waals surface area contributed by atoms with E-state index >= 15 is 0 Å². The molecule has 0 radical (unpaired) electrons. The first-order valence-electron chi connectivity index (χ1n) is 6.03. The van der Waals surface area contributed by atoms with Crippen LogP contribution in [0.3, 0.4) is 0 Å². The number of nitrogens with zero attached hydrogens (tertiary/aromatic N) is 2. The van der Waals surface area contributed by atoms with Gasteiger partial charge in [0.05, 0.1) is 11.9 Å². The lowest BCUT2D eigenvalue weighted by atomic mass is 10.2. The van der Waals surface area contributed by atoms with E-state index in [1.165, 1.54) is 12.1 Å². The van der Waals surface area contributed by atoms with E-state index in [1.54, 1.807) is 0 Å². The maximum atomic E-state index is 11.1. The summed E-state index contributed by atoms with van der Waals surface area (Å²) in [5.41, 5.74) is 1.73. The number of ether oxygens (including phenoxy) is 1. The van der Waals surface area contributed by atoms with Crippen LogP contribution in [0.5, 0.6) is 11.6 Å². The molecule has 0 aliphatic rings. The van der Waals surface area contributed by atoms with Gasteiger partial charge in [0.15, 0.2) is 5.75 Å². The van der Waals surface area contributed by atoms with Crippen LogP contribution in [-0.2, 0) is 16.4 Å². The summed E-state index contributed by atoms with van der Waals surface area (Å²) >= 11 is 0. The summed E-state index contributed by atoms with van der Waals surface area (Å²) < 4.78 is 27.9. The fourth-order valence-electron chi connectivity index (χ4n) is 1.65. The van der Waals surface area contributed by atoms with Crippen molar-refractivity contribution >= 4 is 10.0 Å². The number of primary sulfonamides is 1. The second kappa shape index (κ2) is 5.56. The molecule has 2 aromatic rings. The summed E-state index contributed by atoms with van der Waals surface area (Å²) in [7, 11) is -3.74. The van der Waals surface area contributed by atoms with Gasteiger partial charge in [-0.25, -0.2) is 18.5 Å². The molecule has 20 heavy (non-hydrogen) atoms. The Morgan fingerprint density at radius 1 is 1.25 bits per heavy atom. The van der Waals surface area contributed by atoms with Crippen molar-refractivity contribution in [3.63, 3.8) is 0 Å². The average molecular weight is 293 g/mol. The van der Waals surface area contributed by atoms with E-state index in [0.29, 0.717) is 5.75 Å². The topological polar surface area (TPSA) is 95.2 Å². The Kier molecular flexibility index (Phi) is 4.01. The molecule has 0 unspecified atom stereocenters. The number of pyridine rings is 2. The highest BCUT2D eigenvalue weighted by Gasteiger charge is 2.10. The molecule has 2 heterocycles. The number of rotatable bonds is 4. The van der Waals surface area contributed by atoms with Crippen LogP contribution >= 0.6 is 0 Å². The molecule has 0 aliphatic heterocycles. The van der Waals surface area contributed by atoms with Gasteiger partial charge in [-0.15, -0.1) is 0 Å². The number of nitrogens with two attached hydrogens (primary N) is 1. The molecule has 106 valence electrons. The van der Waals surface area contributed by atoms with Crippen LogP contribution in [0.4, 0.5) is 0 Å². The van der Waals surface area contributed by atoms with Crippen molar-refractivity contribution < 1.29 is 13.2 Å². The second-order valence-electron chi connectivity index (χ2n) is 4.23. The molecule has 0 aliphatic carbocycles. The fourth-order valence-corrected chi connectivity index (χ4v) is 2.11. The maximum absolute atomic E-state index is 11.1. The largest absolute Gasteiger partial charge is 0.437 e. The van der Waals surface area contributed by atoms with Crippen LogP contribution in [0.1, 0.15) is 18.3 Å². The molecule has 7 heteroatoms. The first-order valence-corrected chi connectivity index (χ1v) is 7.58. The number of hydrogen-bond donors (Lipinski definition) is 1. The van der Waals surface area contributed by atoms with Gasteiger partial charge in [0.1, 0.15) is 4.90 Å². The second-order valence-corrected chi connectivity index (χ2v) is 5.79. The fraction of sp³-hybridized carbons (Fsp3) is 0.231. The van der Waals surface area contributed by atoms with Crippen molar-refractivity contribution in [1.82, 2.24) is 9.97 Å². The summed E-state index contributed by atoms with van der Waals surface area (Å²) in [4.78, 5) is 8.25. The van der Waals surface area contributed by atoms with E-state index in [2.05, 4.69) is 9.97 Å². The van der Waals surface area contributed by atoms with Gasteiger partial charge in [-0.05, 0) is 31.5 Å². The van der Waals surface area contributed by atoms with E-state index in [4.69, 9.17) is 9.88 Å². The third-order valence-electron chi connectivity index (χ3n) is 2.66. The highest BCUT2D eigenvalue weighted by atomic mass is 32.2. The third kappa shape index (κ3) is 3.31. The summed E-state index contributed by atoms with van der Waals surface area (Å²) in [6.45, 7) is 3.88. The van der Waals surface area contributed by atoms with Gasteiger partial charge in [0, 0.05) is 11.8 Å². The zero-order valence-electron chi connectivity index (χ0n) is 11.2. The van der Waals surface area contributed by atoms with Crippen LogP contribution in [-0.4, -0.2) is 18.4 Å². The minimum absolute atomic E-state index is 0.0532. The highest BCUT2D eigenvalue weighted by Crippen LogP contribution is 2.23. The monoisotopic (exact) mass is 293 g/mol. The lowest BCUT2D eigenvalue weighted by Gasteiger charge is -2.09.